The van der Waals surface area contributed by atoms with Gasteiger partial charge in [0.15, 0.2) is 0 Å². The van der Waals surface area contributed by atoms with Crippen LogP contribution in [0.2, 0.25) is 0 Å². The van der Waals surface area contributed by atoms with Crippen LogP contribution in [0.25, 0.3) is 0 Å². The van der Waals surface area contributed by atoms with Crippen LogP contribution in [0.5, 0.6) is 0 Å². The number of carbonyl (C=O) groups is 1. The molecular formula is C25H27N3O3. The number of carboxylic acid groups (broad SMARTS) is 1. The molecule has 6 heteroatoms. The Labute approximate surface area is 182 Å². The Morgan fingerprint density at radius 2 is 1.48 bits per heavy atom. The van der Waals surface area contributed by atoms with E-state index in [1.165, 1.54) is 0 Å². The molecule has 0 amide bonds. The van der Waals surface area contributed by atoms with Gasteiger partial charge in [0.1, 0.15) is 12.8 Å². The molecule has 3 aromatic rings. The summed E-state index contributed by atoms with van der Waals surface area (Å²) >= 11 is 0. The summed E-state index contributed by atoms with van der Waals surface area (Å²) in [5, 5.41) is 19.7. The second-order valence-corrected chi connectivity index (χ2v) is 7.08. The second-order valence-electron chi connectivity index (χ2n) is 7.08. The van der Waals surface area contributed by atoms with Crippen molar-refractivity contribution >= 4 is 23.1 Å². The van der Waals surface area contributed by atoms with Gasteiger partial charge in [-0.15, -0.1) is 0 Å². The van der Waals surface area contributed by atoms with Crippen LogP contribution >= 0.6 is 0 Å². The maximum Gasteiger partial charge on any atom is 0.303 e. The normalized spacial score (nSPS) is 11.1. The van der Waals surface area contributed by atoms with Gasteiger partial charge in [-0.2, -0.15) is 0 Å². The lowest BCUT2D eigenvalue weighted by Gasteiger charge is -2.11. The first-order valence-electron chi connectivity index (χ1n) is 10.2. The third-order valence-corrected chi connectivity index (χ3v) is 4.80. The van der Waals surface area contributed by atoms with Gasteiger partial charge in [0.25, 0.3) is 0 Å². The Bertz CT molecular complexity index is 985. The molecule has 0 saturated carbocycles. The molecule has 0 aliphatic rings. The first-order chi connectivity index (χ1) is 15.1. The van der Waals surface area contributed by atoms with Gasteiger partial charge in [0.05, 0.1) is 6.54 Å². The molecule has 3 N–H and O–H groups in total. The lowest BCUT2D eigenvalue weighted by atomic mass is 10.1. The number of rotatable bonds is 11. The lowest BCUT2D eigenvalue weighted by molar-refractivity contribution is -0.136. The predicted molar refractivity (Wildman–Crippen MR) is 125 cm³/mol. The van der Waals surface area contributed by atoms with Crippen LogP contribution in [0.15, 0.2) is 84.0 Å². The number of anilines is 2. The summed E-state index contributed by atoms with van der Waals surface area (Å²) in [4.78, 5) is 15.6. The standard InChI is InChI=1S/C25H27N3O3/c1-31-28-24(21-5-3-2-4-6-21)18-27-23-14-9-20(10-15-23)17-26-22-12-7-19(8-13-22)11-16-25(29)30/h2-10,12-15,26-27H,11,16-18H2,1H3,(H,29,30)/b28-24+. The molecule has 0 unspecified atom stereocenters. The van der Waals surface area contributed by atoms with Crippen molar-refractivity contribution in [1.82, 2.24) is 0 Å². The largest absolute Gasteiger partial charge is 0.481 e. The number of carboxylic acids is 1. The zero-order valence-electron chi connectivity index (χ0n) is 17.5. The highest BCUT2D eigenvalue weighted by Crippen LogP contribution is 2.15. The fraction of sp³-hybridized carbons (Fsp3) is 0.200. The Morgan fingerprint density at radius 1 is 0.871 bits per heavy atom. The molecule has 6 nitrogen and oxygen atoms in total. The number of hydrogen-bond acceptors (Lipinski definition) is 5. The monoisotopic (exact) mass is 417 g/mol. The van der Waals surface area contributed by atoms with Crippen molar-refractivity contribution in [1.29, 1.82) is 0 Å². The van der Waals surface area contributed by atoms with E-state index in [9.17, 15) is 4.79 Å². The van der Waals surface area contributed by atoms with E-state index in [2.05, 4.69) is 27.9 Å². The Kier molecular flexibility index (Phi) is 8.05. The number of nitrogens with zero attached hydrogens (tertiary/aromatic N) is 1. The van der Waals surface area contributed by atoms with Crippen molar-refractivity contribution in [3.05, 3.63) is 95.6 Å². The van der Waals surface area contributed by atoms with Gasteiger partial charge in [0.2, 0.25) is 0 Å². The molecule has 0 aromatic heterocycles. The van der Waals surface area contributed by atoms with Gasteiger partial charge >= 0.3 is 5.97 Å². The number of oxime groups is 1. The zero-order valence-corrected chi connectivity index (χ0v) is 17.5. The van der Waals surface area contributed by atoms with Crippen LogP contribution < -0.4 is 10.6 Å². The first kappa shape index (κ1) is 21.9. The summed E-state index contributed by atoms with van der Waals surface area (Å²) in [6.07, 6.45) is 0.697. The average Bonchev–Trinajstić information content (AvgIpc) is 2.81. The number of nitrogens with one attached hydrogen (secondary N) is 2. The third-order valence-electron chi connectivity index (χ3n) is 4.80. The van der Waals surface area contributed by atoms with Gasteiger partial charge in [-0.05, 0) is 41.8 Å². The first-order valence-corrected chi connectivity index (χ1v) is 10.2. The van der Waals surface area contributed by atoms with Crippen LogP contribution in [0.4, 0.5) is 11.4 Å². The number of hydrogen-bond donors (Lipinski definition) is 3. The van der Waals surface area contributed by atoms with E-state index in [0.717, 1.165) is 33.8 Å². The molecule has 0 saturated heterocycles. The van der Waals surface area contributed by atoms with Gasteiger partial charge in [-0.25, -0.2) is 0 Å². The van der Waals surface area contributed by atoms with Crippen molar-refractivity contribution in [3.8, 4) is 0 Å². The summed E-state index contributed by atoms with van der Waals surface area (Å²) in [5.74, 6) is -0.776. The van der Waals surface area contributed by atoms with Crippen LogP contribution in [0.3, 0.4) is 0 Å². The van der Waals surface area contributed by atoms with E-state index in [1.54, 1.807) is 7.11 Å². The van der Waals surface area contributed by atoms with Gasteiger partial charge < -0.3 is 20.6 Å². The predicted octanol–water partition coefficient (Wildman–Crippen LogP) is 4.78. The smallest absolute Gasteiger partial charge is 0.303 e. The Morgan fingerprint density at radius 3 is 2.10 bits per heavy atom. The highest BCUT2D eigenvalue weighted by Gasteiger charge is 2.05. The van der Waals surface area contributed by atoms with Crippen LogP contribution in [0.1, 0.15) is 23.1 Å². The SMILES string of the molecule is CO/N=C(\CNc1ccc(CNc2ccc(CCC(=O)O)cc2)cc1)c1ccccc1. The Balaban J connectivity index is 1.50. The number of aliphatic carboxylic acids is 1. The third kappa shape index (κ3) is 7.19. The number of benzene rings is 3. The molecule has 160 valence electrons. The van der Waals surface area contributed by atoms with Crippen molar-refractivity contribution in [2.24, 2.45) is 5.16 Å². The van der Waals surface area contributed by atoms with Gasteiger partial charge in [-0.3, -0.25) is 4.79 Å². The molecule has 0 aliphatic carbocycles. The molecule has 0 heterocycles. The molecule has 0 spiro atoms. The van der Waals surface area contributed by atoms with E-state index in [4.69, 9.17) is 9.94 Å². The molecule has 3 rings (SSSR count). The van der Waals surface area contributed by atoms with E-state index in [-0.39, 0.29) is 6.42 Å². The highest BCUT2D eigenvalue weighted by atomic mass is 16.6. The number of aryl methyl sites for hydroxylation is 1. The summed E-state index contributed by atoms with van der Waals surface area (Å²) in [6.45, 7) is 1.26. The fourth-order valence-electron chi connectivity index (χ4n) is 3.10. The molecule has 31 heavy (non-hydrogen) atoms. The fourth-order valence-corrected chi connectivity index (χ4v) is 3.10. The minimum atomic E-state index is -0.776. The minimum Gasteiger partial charge on any atom is -0.481 e. The minimum absolute atomic E-state index is 0.150. The zero-order chi connectivity index (χ0) is 21.9. The van der Waals surface area contributed by atoms with Gasteiger partial charge in [-0.1, -0.05) is 59.8 Å². The van der Waals surface area contributed by atoms with E-state index in [0.29, 0.717) is 19.5 Å². The highest BCUT2D eigenvalue weighted by molar-refractivity contribution is 6.02. The quantitative estimate of drug-likeness (QED) is 0.309. The Hall–Kier alpha value is -3.80. The van der Waals surface area contributed by atoms with Crippen molar-refractivity contribution in [2.75, 3.05) is 24.3 Å². The van der Waals surface area contributed by atoms with Crippen LogP contribution in [-0.4, -0.2) is 30.4 Å². The summed E-state index contributed by atoms with van der Waals surface area (Å²) in [7, 11) is 1.55. The molecule has 3 aromatic carbocycles. The molecule has 0 radical (unpaired) electrons. The summed E-state index contributed by atoms with van der Waals surface area (Å²) < 4.78 is 0. The van der Waals surface area contributed by atoms with E-state index >= 15 is 0 Å². The van der Waals surface area contributed by atoms with Crippen molar-refractivity contribution < 1.29 is 14.7 Å². The molecule has 0 fully saturated rings. The van der Waals surface area contributed by atoms with Crippen LogP contribution in [0, 0.1) is 0 Å². The van der Waals surface area contributed by atoms with Gasteiger partial charge in [0, 0.05) is 29.9 Å². The topological polar surface area (TPSA) is 83.0 Å². The van der Waals surface area contributed by atoms with Crippen molar-refractivity contribution in [2.45, 2.75) is 19.4 Å². The summed E-state index contributed by atoms with van der Waals surface area (Å²) in [5.41, 5.74) is 6.05. The van der Waals surface area contributed by atoms with E-state index < -0.39 is 5.97 Å². The maximum absolute atomic E-state index is 10.7. The van der Waals surface area contributed by atoms with Crippen LogP contribution in [-0.2, 0) is 22.6 Å². The van der Waals surface area contributed by atoms with Crippen molar-refractivity contribution in [3.63, 3.8) is 0 Å². The molecular weight excluding hydrogens is 390 g/mol. The summed E-state index contributed by atoms with van der Waals surface area (Å²) in [6, 6.07) is 26.1. The lowest BCUT2D eigenvalue weighted by Crippen LogP contribution is -2.15. The maximum atomic E-state index is 10.7. The molecule has 0 aliphatic heterocycles. The second kappa shape index (κ2) is 11.4. The molecule has 0 bridgehead atoms. The molecule has 0 atom stereocenters. The van der Waals surface area contributed by atoms with E-state index in [1.807, 2.05) is 66.7 Å². The average molecular weight is 418 g/mol.